The zero-order valence-corrected chi connectivity index (χ0v) is 21.1. The van der Waals surface area contributed by atoms with E-state index in [1.54, 1.807) is 25.6 Å². The van der Waals surface area contributed by atoms with Crippen LogP contribution in [0.15, 0.2) is 48.8 Å². The molecular weight excluding hydrogens is 450 g/mol. The molecule has 1 amide bonds. The highest BCUT2D eigenvalue weighted by atomic mass is 31.0. The molecule has 1 saturated heterocycles. The molecule has 2 unspecified atom stereocenters. The number of rotatable bonds is 6. The van der Waals surface area contributed by atoms with Crippen LogP contribution < -0.4 is 15.0 Å². The van der Waals surface area contributed by atoms with Gasteiger partial charge >= 0.3 is 0 Å². The van der Waals surface area contributed by atoms with Crippen molar-refractivity contribution in [2.45, 2.75) is 38.5 Å². The summed E-state index contributed by atoms with van der Waals surface area (Å²) >= 11 is 0. The molecule has 0 aliphatic carbocycles. The van der Waals surface area contributed by atoms with Crippen LogP contribution in [-0.2, 0) is 0 Å². The first-order chi connectivity index (χ1) is 16.2. The number of ether oxygens (including phenoxy) is 1. The third-order valence-corrected chi connectivity index (χ3v) is 6.57. The van der Waals surface area contributed by atoms with Crippen LogP contribution in [-0.4, -0.2) is 41.5 Å². The summed E-state index contributed by atoms with van der Waals surface area (Å²) in [5.41, 5.74) is 4.62. The summed E-state index contributed by atoms with van der Waals surface area (Å²) in [5.74, 6) is 1.23. The minimum atomic E-state index is -1.39. The van der Waals surface area contributed by atoms with Crippen molar-refractivity contribution < 1.29 is 13.9 Å². The molecular formula is C26H30FN4O2P. The summed E-state index contributed by atoms with van der Waals surface area (Å²) in [5, 5.41) is 1.67. The fourth-order valence-electron chi connectivity index (χ4n) is 4.10. The number of benzene rings is 1. The van der Waals surface area contributed by atoms with Crippen molar-refractivity contribution >= 4 is 26.7 Å². The fraction of sp³-hybridized carbons (Fsp3) is 0.346. The number of carbonyl (C=O) groups is 1. The summed E-state index contributed by atoms with van der Waals surface area (Å²) in [6, 6.07) is 11.3. The smallest absolute Gasteiger partial charge is 0.257 e. The monoisotopic (exact) mass is 480 g/mol. The lowest BCUT2D eigenvalue weighted by Gasteiger charge is -2.24. The first-order valence-corrected chi connectivity index (χ1v) is 11.9. The van der Waals surface area contributed by atoms with E-state index < -0.39 is 5.41 Å². The molecule has 178 valence electrons. The minimum Gasteiger partial charge on any atom is -0.497 e. The van der Waals surface area contributed by atoms with E-state index >= 15 is 0 Å². The highest BCUT2D eigenvalue weighted by Gasteiger charge is 2.36. The molecule has 3 aromatic rings. The highest BCUT2D eigenvalue weighted by molar-refractivity contribution is 7.18. The van der Waals surface area contributed by atoms with Crippen LogP contribution in [0, 0.1) is 6.92 Å². The van der Waals surface area contributed by atoms with Gasteiger partial charge in [-0.05, 0) is 54.3 Å². The van der Waals surface area contributed by atoms with Gasteiger partial charge in [0.05, 0.1) is 24.9 Å². The van der Waals surface area contributed by atoms with E-state index in [2.05, 4.69) is 38.4 Å². The number of hydrogen-bond acceptors (Lipinski definition) is 5. The Kier molecular flexibility index (Phi) is 6.85. The summed E-state index contributed by atoms with van der Waals surface area (Å²) in [6.45, 7) is 6.79. The molecule has 3 heterocycles. The maximum Gasteiger partial charge on any atom is 0.257 e. The SMILES string of the molecule is COc1ccc(C)c(-c2ccnc(N3CCC(F)(P)C3)c2NC(=O)c2ccc(C(C)C)nc2)c1. The van der Waals surface area contributed by atoms with Crippen LogP contribution in [0.1, 0.15) is 47.8 Å². The van der Waals surface area contributed by atoms with Crippen molar-refractivity contribution in [2.24, 2.45) is 0 Å². The number of halogens is 1. The van der Waals surface area contributed by atoms with Crippen molar-refractivity contribution in [3.8, 4) is 16.9 Å². The van der Waals surface area contributed by atoms with E-state index in [4.69, 9.17) is 4.74 Å². The molecule has 1 N–H and O–H groups in total. The summed E-state index contributed by atoms with van der Waals surface area (Å²) in [7, 11) is 3.91. The highest BCUT2D eigenvalue weighted by Crippen LogP contribution is 2.41. The molecule has 0 radical (unpaired) electrons. The van der Waals surface area contributed by atoms with Crippen LogP contribution in [0.2, 0.25) is 0 Å². The summed E-state index contributed by atoms with van der Waals surface area (Å²) in [6.07, 6.45) is 3.65. The van der Waals surface area contributed by atoms with Crippen molar-refractivity contribution in [3.63, 3.8) is 0 Å². The Hall–Kier alpha value is -3.05. The van der Waals surface area contributed by atoms with Gasteiger partial charge in [-0.3, -0.25) is 9.78 Å². The van der Waals surface area contributed by atoms with E-state index in [9.17, 15) is 9.18 Å². The fourth-order valence-corrected chi connectivity index (χ4v) is 4.45. The van der Waals surface area contributed by atoms with Gasteiger partial charge in [0.25, 0.3) is 5.91 Å². The Morgan fingerprint density at radius 3 is 2.62 bits per heavy atom. The second-order valence-electron chi connectivity index (χ2n) is 9.02. The van der Waals surface area contributed by atoms with Gasteiger partial charge in [0.2, 0.25) is 0 Å². The molecule has 8 heteroatoms. The van der Waals surface area contributed by atoms with Crippen molar-refractivity contribution in [2.75, 3.05) is 30.4 Å². The van der Waals surface area contributed by atoms with Crippen LogP contribution >= 0.6 is 9.24 Å². The average molecular weight is 481 g/mol. The van der Waals surface area contributed by atoms with Crippen LogP contribution in [0.4, 0.5) is 15.9 Å². The van der Waals surface area contributed by atoms with E-state index in [0.29, 0.717) is 35.8 Å². The molecule has 1 aliphatic heterocycles. The van der Waals surface area contributed by atoms with Crippen LogP contribution in [0.3, 0.4) is 0 Å². The first-order valence-electron chi connectivity index (χ1n) is 11.3. The molecule has 1 aromatic carbocycles. The number of amides is 1. The maximum absolute atomic E-state index is 14.7. The van der Waals surface area contributed by atoms with E-state index in [-0.39, 0.29) is 18.4 Å². The lowest BCUT2D eigenvalue weighted by atomic mass is 9.99. The van der Waals surface area contributed by atoms with E-state index in [1.165, 1.54) is 0 Å². The second kappa shape index (κ2) is 9.67. The lowest BCUT2D eigenvalue weighted by molar-refractivity contribution is 0.102. The minimum absolute atomic E-state index is 0.179. The first kappa shape index (κ1) is 24.1. The van der Waals surface area contributed by atoms with Gasteiger partial charge in [0.1, 0.15) is 11.2 Å². The third kappa shape index (κ3) is 5.05. The molecule has 2 atom stereocenters. The van der Waals surface area contributed by atoms with Crippen molar-refractivity contribution in [1.82, 2.24) is 9.97 Å². The Bertz CT molecular complexity index is 1200. The summed E-state index contributed by atoms with van der Waals surface area (Å²) < 4.78 is 20.1. The Morgan fingerprint density at radius 1 is 1.21 bits per heavy atom. The number of aromatic nitrogens is 2. The lowest BCUT2D eigenvalue weighted by Crippen LogP contribution is -2.26. The van der Waals surface area contributed by atoms with Gasteiger partial charge in [0, 0.05) is 36.6 Å². The number of carbonyl (C=O) groups excluding carboxylic acids is 1. The van der Waals surface area contributed by atoms with E-state index in [0.717, 1.165) is 22.4 Å². The number of alkyl halides is 1. The molecule has 0 bridgehead atoms. The zero-order chi connectivity index (χ0) is 24.5. The predicted molar refractivity (Wildman–Crippen MR) is 138 cm³/mol. The van der Waals surface area contributed by atoms with Crippen LogP contribution in [0.5, 0.6) is 5.75 Å². The molecule has 4 rings (SSSR count). The Balaban J connectivity index is 1.79. The molecule has 2 aromatic heterocycles. The number of pyridine rings is 2. The van der Waals surface area contributed by atoms with E-state index in [1.807, 2.05) is 42.2 Å². The molecule has 0 spiro atoms. The van der Waals surface area contributed by atoms with Crippen molar-refractivity contribution in [1.29, 1.82) is 0 Å². The molecule has 1 fully saturated rings. The van der Waals surface area contributed by atoms with Crippen LogP contribution in [0.25, 0.3) is 11.1 Å². The standard InChI is InChI=1S/C26H30FN4O2P/c1-16(2)22-8-6-18(14-29-22)25(32)30-23-20(21-13-19(33-4)7-5-17(21)3)9-11-28-24(23)31-12-10-26(27,34)15-31/h5-9,11,13-14,16H,10,12,15,34H2,1-4H3,(H,30,32). The molecule has 0 saturated carbocycles. The average Bonchev–Trinajstić information content (AvgIpc) is 3.19. The normalized spacial score (nSPS) is 17.8. The number of anilines is 2. The quantitative estimate of drug-likeness (QED) is 0.466. The number of nitrogens with one attached hydrogen (secondary N) is 1. The van der Waals surface area contributed by atoms with Gasteiger partial charge < -0.3 is 15.0 Å². The molecule has 6 nitrogen and oxygen atoms in total. The molecule has 34 heavy (non-hydrogen) atoms. The number of methoxy groups -OCH3 is 1. The van der Waals surface area contributed by atoms with Gasteiger partial charge in [-0.2, -0.15) is 0 Å². The predicted octanol–water partition coefficient (Wildman–Crippen LogP) is 5.59. The third-order valence-electron chi connectivity index (χ3n) is 6.10. The van der Waals surface area contributed by atoms with Gasteiger partial charge in [-0.15, -0.1) is 0 Å². The zero-order valence-electron chi connectivity index (χ0n) is 19.9. The summed E-state index contributed by atoms with van der Waals surface area (Å²) in [4.78, 5) is 24.1. The van der Waals surface area contributed by atoms with Gasteiger partial charge in [0.15, 0.2) is 5.82 Å². The Morgan fingerprint density at radius 2 is 2.00 bits per heavy atom. The Labute approximate surface area is 202 Å². The topological polar surface area (TPSA) is 67.3 Å². The maximum atomic E-state index is 14.7. The number of aryl methyl sites for hydroxylation is 1. The number of hydrogen-bond donors (Lipinski definition) is 1. The largest absolute Gasteiger partial charge is 0.497 e. The van der Waals surface area contributed by atoms with Crippen molar-refractivity contribution in [3.05, 3.63) is 65.6 Å². The van der Waals surface area contributed by atoms with Gasteiger partial charge in [-0.1, -0.05) is 29.2 Å². The van der Waals surface area contributed by atoms with Gasteiger partial charge in [-0.25, -0.2) is 9.37 Å². The number of nitrogens with zero attached hydrogens (tertiary/aromatic N) is 3. The second-order valence-corrected chi connectivity index (χ2v) is 10.1. The molecule has 1 aliphatic rings.